The zero-order valence-electron chi connectivity index (χ0n) is 16.4. The average molecular weight is 375 g/mol. The second-order valence-corrected chi connectivity index (χ2v) is 7.54. The monoisotopic (exact) mass is 375 g/mol. The molecule has 3 aromatic rings. The number of piperazine rings is 1. The van der Waals surface area contributed by atoms with Crippen LogP contribution in [0.3, 0.4) is 0 Å². The first-order valence-corrected chi connectivity index (χ1v) is 9.71. The van der Waals surface area contributed by atoms with E-state index >= 15 is 0 Å². The number of hydrogen-bond acceptors (Lipinski definition) is 3. The Bertz CT molecular complexity index is 1030. The lowest BCUT2D eigenvalue weighted by atomic mass is 10.1. The summed E-state index contributed by atoms with van der Waals surface area (Å²) in [6.07, 6.45) is 1.80. The third-order valence-corrected chi connectivity index (χ3v) is 5.67. The number of fused-ring (bicyclic) bond motifs is 1. The van der Waals surface area contributed by atoms with Crippen molar-refractivity contribution in [1.82, 2.24) is 14.8 Å². The maximum atomic E-state index is 12.8. The topological polar surface area (TPSA) is 56.4 Å². The summed E-state index contributed by atoms with van der Waals surface area (Å²) in [5.41, 5.74) is 4.79. The van der Waals surface area contributed by atoms with E-state index in [1.807, 2.05) is 61.2 Å². The summed E-state index contributed by atoms with van der Waals surface area (Å²) >= 11 is 0. The molecular formula is C23H25N3O2. The van der Waals surface area contributed by atoms with Gasteiger partial charge in [-0.1, -0.05) is 24.3 Å². The van der Waals surface area contributed by atoms with Gasteiger partial charge in [0.25, 0.3) is 5.91 Å². The van der Waals surface area contributed by atoms with Crippen LogP contribution in [0, 0.1) is 13.8 Å². The van der Waals surface area contributed by atoms with Crippen molar-refractivity contribution in [3.63, 3.8) is 0 Å². The zero-order valence-corrected chi connectivity index (χ0v) is 16.4. The van der Waals surface area contributed by atoms with Crippen LogP contribution in [0.25, 0.3) is 10.9 Å². The van der Waals surface area contributed by atoms with Gasteiger partial charge in [0.15, 0.2) is 5.78 Å². The number of amides is 1. The summed E-state index contributed by atoms with van der Waals surface area (Å²) in [7, 11) is 0. The van der Waals surface area contributed by atoms with Crippen LogP contribution in [0.2, 0.25) is 0 Å². The number of para-hydroxylation sites is 1. The molecule has 2 aromatic carbocycles. The summed E-state index contributed by atoms with van der Waals surface area (Å²) in [6.45, 7) is 7.18. The Morgan fingerprint density at radius 1 is 0.964 bits per heavy atom. The van der Waals surface area contributed by atoms with Crippen molar-refractivity contribution in [3.05, 3.63) is 70.9 Å². The van der Waals surface area contributed by atoms with Crippen molar-refractivity contribution in [2.45, 2.75) is 13.8 Å². The van der Waals surface area contributed by atoms with Crippen molar-refractivity contribution in [1.29, 1.82) is 0 Å². The van der Waals surface area contributed by atoms with Gasteiger partial charge in [-0.15, -0.1) is 0 Å². The molecule has 144 valence electrons. The van der Waals surface area contributed by atoms with Crippen LogP contribution < -0.4 is 0 Å². The number of carbonyl (C=O) groups is 2. The Morgan fingerprint density at radius 2 is 1.71 bits per heavy atom. The number of nitrogens with zero attached hydrogens (tertiary/aromatic N) is 2. The van der Waals surface area contributed by atoms with Crippen molar-refractivity contribution < 1.29 is 9.59 Å². The lowest BCUT2D eigenvalue weighted by Gasteiger charge is -2.34. The molecule has 0 aliphatic carbocycles. The number of benzene rings is 2. The van der Waals surface area contributed by atoms with Crippen LogP contribution >= 0.6 is 0 Å². The van der Waals surface area contributed by atoms with Crippen molar-refractivity contribution in [2.24, 2.45) is 0 Å². The Labute approximate surface area is 165 Å². The number of H-pyrrole nitrogens is 1. The highest BCUT2D eigenvalue weighted by molar-refractivity contribution is 6.08. The molecule has 0 saturated carbocycles. The summed E-state index contributed by atoms with van der Waals surface area (Å²) in [6, 6.07) is 13.7. The molecule has 1 aromatic heterocycles. The van der Waals surface area contributed by atoms with Crippen LogP contribution in [-0.4, -0.2) is 59.2 Å². The van der Waals surface area contributed by atoms with Crippen LogP contribution in [0.1, 0.15) is 31.8 Å². The van der Waals surface area contributed by atoms with E-state index in [-0.39, 0.29) is 11.7 Å². The molecule has 0 unspecified atom stereocenters. The van der Waals surface area contributed by atoms with Crippen LogP contribution in [0.15, 0.2) is 48.7 Å². The third kappa shape index (κ3) is 3.58. The van der Waals surface area contributed by atoms with Gasteiger partial charge in [0.1, 0.15) is 0 Å². The normalized spacial score (nSPS) is 15.1. The number of aryl methyl sites for hydroxylation is 2. The number of rotatable bonds is 4. The second-order valence-electron chi connectivity index (χ2n) is 7.54. The van der Waals surface area contributed by atoms with E-state index in [9.17, 15) is 9.59 Å². The van der Waals surface area contributed by atoms with E-state index in [0.717, 1.165) is 27.6 Å². The largest absolute Gasteiger partial charge is 0.360 e. The lowest BCUT2D eigenvalue weighted by Crippen LogP contribution is -2.49. The van der Waals surface area contributed by atoms with Crippen LogP contribution in [-0.2, 0) is 0 Å². The maximum absolute atomic E-state index is 12.8. The fourth-order valence-corrected chi connectivity index (χ4v) is 3.76. The molecule has 1 saturated heterocycles. The summed E-state index contributed by atoms with van der Waals surface area (Å²) in [5.74, 6) is 0.192. The Morgan fingerprint density at radius 3 is 2.46 bits per heavy atom. The van der Waals surface area contributed by atoms with E-state index in [0.29, 0.717) is 32.7 Å². The van der Waals surface area contributed by atoms with E-state index in [1.165, 1.54) is 5.56 Å². The van der Waals surface area contributed by atoms with Gasteiger partial charge in [0, 0.05) is 54.4 Å². The Kier molecular flexibility index (Phi) is 5.01. The SMILES string of the molecule is Cc1ccc(C(=O)N2CCN(CC(=O)c3c[nH]c4ccccc34)CC2)cc1C. The molecule has 1 aliphatic rings. The summed E-state index contributed by atoms with van der Waals surface area (Å²) in [5, 5.41) is 0.969. The smallest absolute Gasteiger partial charge is 0.253 e. The highest BCUT2D eigenvalue weighted by atomic mass is 16.2. The van der Waals surface area contributed by atoms with Gasteiger partial charge in [-0.25, -0.2) is 0 Å². The molecule has 2 heterocycles. The van der Waals surface area contributed by atoms with Gasteiger partial charge in [-0.2, -0.15) is 0 Å². The fraction of sp³-hybridized carbons (Fsp3) is 0.304. The first-order chi connectivity index (χ1) is 13.5. The van der Waals surface area contributed by atoms with Gasteiger partial charge in [-0.05, 0) is 43.2 Å². The fourth-order valence-electron chi connectivity index (χ4n) is 3.76. The molecule has 0 spiro atoms. The number of nitrogens with one attached hydrogen (secondary N) is 1. The molecule has 4 rings (SSSR count). The van der Waals surface area contributed by atoms with E-state index in [1.54, 1.807) is 6.20 Å². The summed E-state index contributed by atoms with van der Waals surface area (Å²) in [4.78, 5) is 32.7. The van der Waals surface area contributed by atoms with Crippen molar-refractivity contribution >= 4 is 22.6 Å². The number of hydrogen-bond donors (Lipinski definition) is 1. The van der Waals surface area contributed by atoms with Crippen LogP contribution in [0.5, 0.6) is 0 Å². The predicted octanol–water partition coefficient (Wildman–Crippen LogP) is 3.43. The van der Waals surface area contributed by atoms with E-state index < -0.39 is 0 Å². The minimum absolute atomic E-state index is 0.0747. The minimum atomic E-state index is 0.0747. The minimum Gasteiger partial charge on any atom is -0.360 e. The van der Waals surface area contributed by atoms with Crippen molar-refractivity contribution in [3.8, 4) is 0 Å². The Hall–Kier alpha value is -2.92. The Balaban J connectivity index is 1.37. The van der Waals surface area contributed by atoms with E-state index in [2.05, 4.69) is 9.88 Å². The number of Topliss-reactive ketones (excluding diaryl/α,β-unsaturated/α-hetero) is 1. The molecule has 1 fully saturated rings. The molecule has 5 nitrogen and oxygen atoms in total. The first kappa shape index (κ1) is 18.4. The highest BCUT2D eigenvalue weighted by Crippen LogP contribution is 2.19. The second kappa shape index (κ2) is 7.60. The predicted molar refractivity (Wildman–Crippen MR) is 111 cm³/mol. The molecule has 28 heavy (non-hydrogen) atoms. The number of ketones is 1. The number of aromatic nitrogens is 1. The highest BCUT2D eigenvalue weighted by Gasteiger charge is 2.24. The molecule has 1 aliphatic heterocycles. The average Bonchev–Trinajstić information content (AvgIpc) is 3.14. The number of aromatic amines is 1. The molecule has 1 amide bonds. The van der Waals surface area contributed by atoms with Gasteiger partial charge in [-0.3, -0.25) is 14.5 Å². The lowest BCUT2D eigenvalue weighted by molar-refractivity contribution is 0.0624. The molecule has 0 bridgehead atoms. The first-order valence-electron chi connectivity index (χ1n) is 9.71. The van der Waals surface area contributed by atoms with Crippen molar-refractivity contribution in [2.75, 3.05) is 32.7 Å². The molecule has 5 heteroatoms. The van der Waals surface area contributed by atoms with Crippen LogP contribution in [0.4, 0.5) is 0 Å². The molecular weight excluding hydrogens is 350 g/mol. The zero-order chi connectivity index (χ0) is 19.7. The standard InChI is InChI=1S/C23H25N3O2/c1-16-7-8-18(13-17(16)2)23(28)26-11-9-25(10-12-26)15-22(27)20-14-24-21-6-4-3-5-19(20)21/h3-8,13-14,24H,9-12,15H2,1-2H3. The molecule has 0 radical (unpaired) electrons. The van der Waals surface area contributed by atoms with Gasteiger partial charge in [0.2, 0.25) is 0 Å². The summed E-state index contributed by atoms with van der Waals surface area (Å²) < 4.78 is 0. The number of carbonyl (C=O) groups excluding carboxylic acids is 2. The van der Waals surface area contributed by atoms with Gasteiger partial charge < -0.3 is 9.88 Å². The quantitative estimate of drug-likeness (QED) is 0.711. The van der Waals surface area contributed by atoms with E-state index in [4.69, 9.17) is 0 Å². The molecule has 1 N–H and O–H groups in total. The van der Waals surface area contributed by atoms with Gasteiger partial charge in [0.05, 0.1) is 6.54 Å². The maximum Gasteiger partial charge on any atom is 0.253 e. The third-order valence-electron chi connectivity index (χ3n) is 5.67. The molecule has 0 atom stereocenters. The van der Waals surface area contributed by atoms with Gasteiger partial charge >= 0.3 is 0 Å².